The Kier molecular flexibility index (Phi) is 8.42. The molecule has 0 spiro atoms. The minimum atomic E-state index is -1.31. The number of aryl methyl sites for hydroxylation is 1. The zero-order valence-corrected chi connectivity index (χ0v) is 20.7. The standard InChI is InChI=1S/C23H29N3O3SSi/c1-15(2)19-20(21(27)18-12-16(3)11-17(13-18)14-24)25-23(26-22(19)28-7-9-30)29-8-10-31(4,5)6/h11-13,30H,1,7-10H2,2-6H3. The van der Waals surface area contributed by atoms with E-state index in [4.69, 9.17) is 9.47 Å². The van der Waals surface area contributed by atoms with E-state index in [2.05, 4.69) is 54.9 Å². The van der Waals surface area contributed by atoms with Gasteiger partial charge in [0.25, 0.3) is 0 Å². The van der Waals surface area contributed by atoms with E-state index < -0.39 is 8.07 Å². The van der Waals surface area contributed by atoms with Gasteiger partial charge in [0.15, 0.2) is 0 Å². The van der Waals surface area contributed by atoms with E-state index >= 15 is 0 Å². The summed E-state index contributed by atoms with van der Waals surface area (Å²) < 4.78 is 11.6. The van der Waals surface area contributed by atoms with E-state index in [1.165, 1.54) is 0 Å². The highest BCUT2D eigenvalue weighted by molar-refractivity contribution is 7.80. The molecule has 1 aromatic carbocycles. The maximum absolute atomic E-state index is 13.4. The third kappa shape index (κ3) is 6.94. The van der Waals surface area contributed by atoms with Gasteiger partial charge in [-0.05, 0) is 49.2 Å². The summed E-state index contributed by atoms with van der Waals surface area (Å²) in [6.07, 6.45) is 0. The molecular weight excluding hydrogens is 426 g/mol. The molecule has 6 nitrogen and oxygen atoms in total. The van der Waals surface area contributed by atoms with Gasteiger partial charge in [0.2, 0.25) is 11.7 Å². The number of ketones is 1. The first-order chi connectivity index (χ1) is 14.6. The lowest BCUT2D eigenvalue weighted by molar-refractivity contribution is 0.103. The van der Waals surface area contributed by atoms with Gasteiger partial charge in [-0.3, -0.25) is 4.79 Å². The summed E-state index contributed by atoms with van der Waals surface area (Å²) in [5.74, 6) is 0.389. The van der Waals surface area contributed by atoms with Gasteiger partial charge in [0.1, 0.15) is 5.69 Å². The second-order valence-electron chi connectivity index (χ2n) is 8.58. The summed E-state index contributed by atoms with van der Waals surface area (Å²) in [6, 6.07) is 8.12. The number of nitriles is 1. The van der Waals surface area contributed by atoms with E-state index in [1.807, 2.05) is 6.92 Å². The lowest BCUT2D eigenvalue weighted by Crippen LogP contribution is -2.23. The summed E-state index contributed by atoms with van der Waals surface area (Å²) in [7, 11) is -1.31. The summed E-state index contributed by atoms with van der Waals surface area (Å²) in [5, 5.41) is 9.28. The Morgan fingerprint density at radius 3 is 2.48 bits per heavy atom. The van der Waals surface area contributed by atoms with Crippen LogP contribution in [0.1, 0.15) is 39.7 Å². The van der Waals surface area contributed by atoms with Crippen molar-refractivity contribution in [2.45, 2.75) is 39.5 Å². The Balaban J connectivity index is 2.57. The molecule has 0 N–H and O–H groups in total. The van der Waals surface area contributed by atoms with Crippen LogP contribution < -0.4 is 9.47 Å². The first kappa shape index (κ1) is 24.6. The molecule has 0 saturated heterocycles. The minimum absolute atomic E-state index is 0.0916. The molecule has 0 aliphatic carbocycles. The number of carbonyl (C=O) groups is 1. The summed E-state index contributed by atoms with van der Waals surface area (Å²) in [5.41, 5.74) is 2.77. The van der Waals surface area contributed by atoms with Gasteiger partial charge in [-0.15, -0.1) is 0 Å². The number of allylic oxidation sites excluding steroid dienone is 1. The van der Waals surface area contributed by atoms with Crippen LogP contribution in [0.4, 0.5) is 0 Å². The number of thiol groups is 1. The van der Waals surface area contributed by atoms with Gasteiger partial charge in [0.05, 0.1) is 30.4 Å². The van der Waals surface area contributed by atoms with Crippen LogP contribution in [0.2, 0.25) is 25.7 Å². The van der Waals surface area contributed by atoms with E-state index in [0.29, 0.717) is 41.2 Å². The van der Waals surface area contributed by atoms with Crippen LogP contribution in [0.15, 0.2) is 24.8 Å². The average molecular weight is 456 g/mol. The number of ether oxygens (including phenoxy) is 2. The van der Waals surface area contributed by atoms with Crippen LogP contribution >= 0.6 is 12.6 Å². The third-order valence-electron chi connectivity index (χ3n) is 4.38. The van der Waals surface area contributed by atoms with Gasteiger partial charge in [-0.2, -0.15) is 27.9 Å². The highest BCUT2D eigenvalue weighted by Crippen LogP contribution is 2.30. The van der Waals surface area contributed by atoms with Crippen LogP contribution in [0.3, 0.4) is 0 Å². The largest absolute Gasteiger partial charge is 0.476 e. The topological polar surface area (TPSA) is 85.1 Å². The smallest absolute Gasteiger partial charge is 0.320 e. The second kappa shape index (κ2) is 10.6. The predicted octanol–water partition coefficient (Wildman–Crippen LogP) is 4.95. The van der Waals surface area contributed by atoms with E-state index in [0.717, 1.165) is 11.6 Å². The Morgan fingerprint density at radius 1 is 1.19 bits per heavy atom. The molecule has 0 amide bonds. The number of rotatable bonds is 10. The number of carbonyl (C=O) groups excluding carboxylic acids is 1. The van der Waals surface area contributed by atoms with Crippen molar-refractivity contribution in [2.24, 2.45) is 0 Å². The normalized spacial score (nSPS) is 11.0. The zero-order chi connectivity index (χ0) is 23.2. The highest BCUT2D eigenvalue weighted by Gasteiger charge is 2.24. The lowest BCUT2D eigenvalue weighted by Gasteiger charge is -2.17. The van der Waals surface area contributed by atoms with E-state index in [1.54, 1.807) is 25.1 Å². The predicted molar refractivity (Wildman–Crippen MR) is 129 cm³/mol. The number of hydrogen-bond donors (Lipinski definition) is 1. The molecule has 0 fully saturated rings. The molecule has 0 aliphatic rings. The fraction of sp³-hybridized carbons (Fsp3) is 0.391. The molecule has 8 heteroatoms. The van der Waals surface area contributed by atoms with Crippen molar-refractivity contribution in [3.8, 4) is 18.0 Å². The number of nitrogens with zero attached hydrogens (tertiary/aromatic N) is 3. The Hall–Kier alpha value is -2.63. The second-order valence-corrected chi connectivity index (χ2v) is 14.6. The Labute approximate surface area is 190 Å². The molecule has 1 heterocycles. The van der Waals surface area contributed by atoms with Crippen LogP contribution in [0.5, 0.6) is 11.9 Å². The Morgan fingerprint density at radius 2 is 1.90 bits per heavy atom. The van der Waals surface area contributed by atoms with Gasteiger partial charge in [-0.1, -0.05) is 26.2 Å². The van der Waals surface area contributed by atoms with Crippen molar-refractivity contribution < 1.29 is 14.3 Å². The molecule has 0 aliphatic heterocycles. The molecule has 164 valence electrons. The summed E-state index contributed by atoms with van der Waals surface area (Å²) >= 11 is 4.19. The van der Waals surface area contributed by atoms with Crippen molar-refractivity contribution in [2.75, 3.05) is 19.0 Å². The summed E-state index contributed by atoms with van der Waals surface area (Å²) in [4.78, 5) is 22.3. The van der Waals surface area contributed by atoms with Crippen LogP contribution in [0, 0.1) is 18.3 Å². The number of benzene rings is 1. The number of aromatic nitrogens is 2. The maximum atomic E-state index is 13.4. The Bertz CT molecular complexity index is 1030. The first-order valence-electron chi connectivity index (χ1n) is 10.1. The minimum Gasteiger partial charge on any atom is -0.476 e. The SMILES string of the molecule is C=C(C)c1c(OCCS)nc(OCC[Si](C)(C)C)nc1C(=O)c1cc(C)cc(C#N)c1. The molecule has 0 unspecified atom stereocenters. The van der Waals surface area contributed by atoms with E-state index in [9.17, 15) is 10.1 Å². The quantitative estimate of drug-likeness (QED) is 0.310. The van der Waals surface area contributed by atoms with Crippen LogP contribution in [0.25, 0.3) is 5.57 Å². The molecule has 2 aromatic rings. The molecule has 31 heavy (non-hydrogen) atoms. The van der Waals surface area contributed by atoms with Crippen molar-refractivity contribution in [1.29, 1.82) is 5.26 Å². The monoisotopic (exact) mass is 455 g/mol. The summed E-state index contributed by atoms with van der Waals surface area (Å²) in [6.45, 7) is 15.1. The molecule has 1 aromatic heterocycles. The fourth-order valence-electron chi connectivity index (χ4n) is 2.84. The van der Waals surface area contributed by atoms with Crippen LogP contribution in [-0.2, 0) is 0 Å². The average Bonchev–Trinajstić information content (AvgIpc) is 2.69. The van der Waals surface area contributed by atoms with Gasteiger partial charge < -0.3 is 9.47 Å². The van der Waals surface area contributed by atoms with Crippen LogP contribution in [-0.4, -0.2) is 42.8 Å². The molecule has 0 radical (unpaired) electrons. The van der Waals surface area contributed by atoms with Crippen molar-refractivity contribution in [1.82, 2.24) is 9.97 Å². The highest BCUT2D eigenvalue weighted by atomic mass is 32.1. The number of hydrogen-bond acceptors (Lipinski definition) is 7. The van der Waals surface area contributed by atoms with Crippen molar-refractivity contribution in [3.05, 3.63) is 52.7 Å². The maximum Gasteiger partial charge on any atom is 0.320 e. The molecule has 2 rings (SSSR count). The molecule has 0 bridgehead atoms. The third-order valence-corrected chi connectivity index (χ3v) is 6.27. The van der Waals surface area contributed by atoms with E-state index in [-0.39, 0.29) is 23.4 Å². The lowest BCUT2D eigenvalue weighted by atomic mass is 9.98. The molecular formula is C23H29N3O3SSi. The molecule has 0 saturated carbocycles. The fourth-order valence-corrected chi connectivity index (χ4v) is 3.65. The van der Waals surface area contributed by atoms with Gasteiger partial charge >= 0.3 is 6.01 Å². The van der Waals surface area contributed by atoms with Crippen molar-refractivity contribution >= 4 is 32.1 Å². The zero-order valence-electron chi connectivity index (χ0n) is 18.8. The van der Waals surface area contributed by atoms with Crippen molar-refractivity contribution in [3.63, 3.8) is 0 Å². The molecule has 0 atom stereocenters. The van der Waals surface area contributed by atoms with Gasteiger partial charge in [0, 0.05) is 19.4 Å². The van der Waals surface area contributed by atoms with Gasteiger partial charge in [-0.25, -0.2) is 0 Å². The first-order valence-corrected chi connectivity index (χ1v) is 14.4.